The number of carbonyl (C=O) groups excluding carboxylic acids is 1. The Morgan fingerprint density at radius 1 is 1.08 bits per heavy atom. The molecule has 2 aromatic carbocycles. The molecule has 0 aromatic heterocycles. The first kappa shape index (κ1) is 19.0. The number of carbonyl (C=O) groups is 1. The molecule has 3 nitrogen and oxygen atoms in total. The summed E-state index contributed by atoms with van der Waals surface area (Å²) in [7, 11) is 0. The SMILES string of the molecule is CCSc1ccc(C(=O)N2CCC(COCc3ccccc3)CC2)cc1. The molecule has 3 rings (SSSR count). The van der Waals surface area contributed by atoms with Gasteiger partial charge in [0, 0.05) is 30.2 Å². The minimum Gasteiger partial charge on any atom is -0.376 e. The highest BCUT2D eigenvalue weighted by Crippen LogP contribution is 2.22. The average molecular weight is 370 g/mol. The Bertz CT molecular complexity index is 679. The van der Waals surface area contributed by atoms with Gasteiger partial charge in [-0.3, -0.25) is 4.79 Å². The predicted molar refractivity (Wildman–Crippen MR) is 108 cm³/mol. The number of ether oxygens (including phenoxy) is 1. The molecule has 138 valence electrons. The summed E-state index contributed by atoms with van der Waals surface area (Å²) in [4.78, 5) is 15.9. The summed E-state index contributed by atoms with van der Waals surface area (Å²) in [6.45, 7) is 5.23. The molecular formula is C22H27NO2S. The molecule has 0 bridgehead atoms. The molecule has 1 heterocycles. The van der Waals surface area contributed by atoms with E-state index in [4.69, 9.17) is 4.74 Å². The molecule has 1 aliphatic rings. The predicted octanol–water partition coefficient (Wildman–Crippen LogP) is 4.87. The van der Waals surface area contributed by atoms with Crippen molar-refractivity contribution in [2.24, 2.45) is 5.92 Å². The highest BCUT2D eigenvalue weighted by molar-refractivity contribution is 7.99. The van der Waals surface area contributed by atoms with Crippen LogP contribution >= 0.6 is 11.8 Å². The first-order valence-corrected chi connectivity index (χ1v) is 10.4. The fourth-order valence-electron chi connectivity index (χ4n) is 3.26. The van der Waals surface area contributed by atoms with Crippen LogP contribution in [0.2, 0.25) is 0 Å². The summed E-state index contributed by atoms with van der Waals surface area (Å²) in [6.07, 6.45) is 2.04. The van der Waals surface area contributed by atoms with E-state index in [1.807, 2.05) is 47.4 Å². The van der Waals surface area contributed by atoms with Crippen molar-refractivity contribution in [3.63, 3.8) is 0 Å². The third-order valence-corrected chi connectivity index (χ3v) is 5.67. The van der Waals surface area contributed by atoms with Crippen LogP contribution in [-0.2, 0) is 11.3 Å². The van der Waals surface area contributed by atoms with Crippen molar-refractivity contribution in [2.75, 3.05) is 25.4 Å². The van der Waals surface area contributed by atoms with Crippen molar-refractivity contribution in [2.45, 2.75) is 31.3 Å². The van der Waals surface area contributed by atoms with Crippen LogP contribution in [-0.4, -0.2) is 36.3 Å². The second-order valence-electron chi connectivity index (χ2n) is 6.69. The molecule has 0 atom stereocenters. The van der Waals surface area contributed by atoms with Crippen molar-refractivity contribution in [1.29, 1.82) is 0 Å². The molecule has 1 saturated heterocycles. The Labute approximate surface area is 160 Å². The quantitative estimate of drug-likeness (QED) is 0.652. The molecule has 2 aromatic rings. The maximum absolute atomic E-state index is 12.7. The fraction of sp³-hybridized carbons (Fsp3) is 0.409. The van der Waals surface area contributed by atoms with Crippen molar-refractivity contribution in [1.82, 2.24) is 4.90 Å². The summed E-state index contributed by atoms with van der Waals surface area (Å²) in [5.41, 5.74) is 2.01. The van der Waals surface area contributed by atoms with Gasteiger partial charge >= 0.3 is 0 Å². The molecule has 1 fully saturated rings. The Morgan fingerprint density at radius 3 is 2.42 bits per heavy atom. The van der Waals surface area contributed by atoms with E-state index in [1.54, 1.807) is 11.8 Å². The zero-order valence-corrected chi connectivity index (χ0v) is 16.2. The third kappa shape index (κ3) is 5.36. The lowest BCUT2D eigenvalue weighted by molar-refractivity contribution is 0.0478. The van der Waals surface area contributed by atoms with Crippen molar-refractivity contribution < 1.29 is 9.53 Å². The first-order valence-electron chi connectivity index (χ1n) is 9.40. The lowest BCUT2D eigenvalue weighted by atomic mass is 9.97. The molecule has 0 aliphatic carbocycles. The molecular weight excluding hydrogens is 342 g/mol. The highest BCUT2D eigenvalue weighted by atomic mass is 32.2. The van der Waals surface area contributed by atoms with E-state index in [9.17, 15) is 4.79 Å². The van der Waals surface area contributed by atoms with Gasteiger partial charge in [-0.05, 0) is 54.3 Å². The maximum atomic E-state index is 12.7. The summed E-state index contributed by atoms with van der Waals surface area (Å²) in [5, 5.41) is 0. The number of amides is 1. The zero-order valence-electron chi connectivity index (χ0n) is 15.4. The standard InChI is InChI=1S/C22H27NO2S/c1-2-26-21-10-8-20(9-11-21)22(24)23-14-12-19(13-15-23)17-25-16-18-6-4-3-5-7-18/h3-11,19H,2,12-17H2,1H3. The monoisotopic (exact) mass is 369 g/mol. The van der Waals surface area contributed by atoms with E-state index in [1.165, 1.54) is 10.5 Å². The number of thioether (sulfide) groups is 1. The summed E-state index contributed by atoms with van der Waals surface area (Å²) in [5.74, 6) is 1.75. The average Bonchev–Trinajstić information content (AvgIpc) is 2.70. The normalized spacial score (nSPS) is 15.2. The van der Waals surface area contributed by atoms with Gasteiger partial charge < -0.3 is 9.64 Å². The largest absolute Gasteiger partial charge is 0.376 e. The van der Waals surface area contributed by atoms with Crippen LogP contribution in [0, 0.1) is 5.92 Å². The number of piperidine rings is 1. The van der Waals surface area contributed by atoms with Crippen molar-refractivity contribution >= 4 is 17.7 Å². The van der Waals surface area contributed by atoms with Crippen LogP contribution < -0.4 is 0 Å². The van der Waals surface area contributed by atoms with E-state index in [2.05, 4.69) is 19.1 Å². The van der Waals surface area contributed by atoms with E-state index in [-0.39, 0.29) is 5.91 Å². The van der Waals surface area contributed by atoms with Crippen LogP contribution in [0.1, 0.15) is 35.7 Å². The number of benzene rings is 2. The molecule has 0 saturated carbocycles. The van der Waals surface area contributed by atoms with Gasteiger partial charge in [-0.25, -0.2) is 0 Å². The van der Waals surface area contributed by atoms with Gasteiger partial charge in [0.15, 0.2) is 0 Å². The Morgan fingerprint density at radius 2 is 1.77 bits per heavy atom. The molecule has 26 heavy (non-hydrogen) atoms. The topological polar surface area (TPSA) is 29.5 Å². The maximum Gasteiger partial charge on any atom is 0.253 e. The summed E-state index contributed by atoms with van der Waals surface area (Å²) >= 11 is 1.80. The smallest absolute Gasteiger partial charge is 0.253 e. The van der Waals surface area contributed by atoms with Crippen LogP contribution in [0.5, 0.6) is 0 Å². The summed E-state index contributed by atoms with van der Waals surface area (Å²) < 4.78 is 5.87. The number of likely N-dealkylation sites (tertiary alicyclic amines) is 1. The van der Waals surface area contributed by atoms with E-state index in [0.717, 1.165) is 43.9 Å². The number of hydrogen-bond donors (Lipinski definition) is 0. The number of nitrogens with zero attached hydrogens (tertiary/aromatic N) is 1. The van der Waals surface area contributed by atoms with Gasteiger partial charge in [0.1, 0.15) is 0 Å². The number of hydrogen-bond acceptors (Lipinski definition) is 3. The van der Waals surface area contributed by atoms with E-state index in [0.29, 0.717) is 12.5 Å². The molecule has 0 N–H and O–H groups in total. The lowest BCUT2D eigenvalue weighted by Crippen LogP contribution is -2.39. The van der Waals surface area contributed by atoms with Crippen LogP contribution in [0.15, 0.2) is 59.5 Å². The Balaban J connectivity index is 1.42. The Hall–Kier alpha value is -1.78. The minimum absolute atomic E-state index is 0.154. The van der Waals surface area contributed by atoms with Crippen LogP contribution in [0.4, 0.5) is 0 Å². The van der Waals surface area contributed by atoms with Gasteiger partial charge in [-0.1, -0.05) is 37.3 Å². The van der Waals surface area contributed by atoms with Crippen molar-refractivity contribution in [3.8, 4) is 0 Å². The molecule has 0 spiro atoms. The van der Waals surface area contributed by atoms with Gasteiger partial charge in [-0.2, -0.15) is 0 Å². The molecule has 0 radical (unpaired) electrons. The lowest BCUT2D eigenvalue weighted by Gasteiger charge is -2.32. The Kier molecular flexibility index (Phi) is 7.15. The van der Waals surface area contributed by atoms with Gasteiger partial charge in [0.2, 0.25) is 0 Å². The van der Waals surface area contributed by atoms with Gasteiger partial charge in [0.25, 0.3) is 5.91 Å². The fourth-order valence-corrected chi connectivity index (χ4v) is 3.93. The zero-order chi connectivity index (χ0) is 18.2. The minimum atomic E-state index is 0.154. The van der Waals surface area contributed by atoms with E-state index < -0.39 is 0 Å². The molecule has 0 unspecified atom stereocenters. The molecule has 1 aliphatic heterocycles. The highest BCUT2D eigenvalue weighted by Gasteiger charge is 2.23. The van der Waals surface area contributed by atoms with Crippen LogP contribution in [0.25, 0.3) is 0 Å². The van der Waals surface area contributed by atoms with Gasteiger partial charge in [0.05, 0.1) is 6.61 Å². The van der Waals surface area contributed by atoms with E-state index >= 15 is 0 Å². The van der Waals surface area contributed by atoms with Crippen LogP contribution in [0.3, 0.4) is 0 Å². The molecule has 4 heteroatoms. The second-order valence-corrected chi connectivity index (χ2v) is 8.03. The van der Waals surface area contributed by atoms with Crippen molar-refractivity contribution in [3.05, 3.63) is 65.7 Å². The third-order valence-electron chi connectivity index (χ3n) is 4.78. The second kappa shape index (κ2) is 9.79. The number of rotatable bonds is 7. The van der Waals surface area contributed by atoms with Gasteiger partial charge in [-0.15, -0.1) is 11.8 Å². The first-order chi connectivity index (χ1) is 12.8. The summed E-state index contributed by atoms with van der Waals surface area (Å²) in [6, 6.07) is 18.3. The molecule has 1 amide bonds.